The molecule has 1 aliphatic heterocycles. The second-order valence-corrected chi connectivity index (χ2v) is 10.9. The van der Waals surface area contributed by atoms with Gasteiger partial charge in [0, 0.05) is 32.8 Å². The highest BCUT2D eigenvalue weighted by molar-refractivity contribution is 9.10. The molecular formula is C23H24Br2ClN3O. The first-order chi connectivity index (χ1) is 14.5. The van der Waals surface area contributed by atoms with Crippen molar-refractivity contribution < 1.29 is 4.79 Å². The maximum atomic E-state index is 12.8. The zero-order chi connectivity index (χ0) is 20.8. The van der Waals surface area contributed by atoms with E-state index in [0.29, 0.717) is 6.04 Å². The van der Waals surface area contributed by atoms with Gasteiger partial charge in [0.1, 0.15) is 0 Å². The summed E-state index contributed by atoms with van der Waals surface area (Å²) in [6.07, 6.45) is 7.97. The molecule has 0 radical (unpaired) electrons. The van der Waals surface area contributed by atoms with Gasteiger partial charge in [-0.1, -0.05) is 27.5 Å². The molecule has 30 heavy (non-hydrogen) atoms. The number of carbonyl (C=O) groups is 1. The molecule has 1 saturated heterocycles. The van der Waals surface area contributed by atoms with Crippen molar-refractivity contribution in [2.24, 2.45) is 5.92 Å². The minimum Gasteiger partial charge on any atom is -0.353 e. The molecule has 1 N–H and O–H groups in total. The summed E-state index contributed by atoms with van der Waals surface area (Å²) in [4.78, 5) is 20.2. The van der Waals surface area contributed by atoms with Gasteiger partial charge in [0.05, 0.1) is 17.7 Å². The highest BCUT2D eigenvalue weighted by atomic mass is 79.9. The van der Waals surface area contributed by atoms with Crippen LogP contribution in [0, 0.1) is 5.92 Å². The maximum Gasteiger partial charge on any atom is 0.224 e. The highest BCUT2D eigenvalue weighted by Crippen LogP contribution is 2.42. The van der Waals surface area contributed by atoms with E-state index in [4.69, 9.17) is 16.6 Å². The van der Waals surface area contributed by atoms with Gasteiger partial charge in [0.2, 0.25) is 5.91 Å². The van der Waals surface area contributed by atoms with E-state index in [1.54, 1.807) is 0 Å². The molecular weight excluding hydrogens is 530 g/mol. The minimum absolute atomic E-state index is 0.0220. The summed E-state index contributed by atoms with van der Waals surface area (Å²) in [6, 6.07) is 6.70. The van der Waals surface area contributed by atoms with E-state index in [0.717, 1.165) is 71.3 Å². The number of aryl methyl sites for hydroxylation is 2. The van der Waals surface area contributed by atoms with E-state index in [9.17, 15) is 4.79 Å². The van der Waals surface area contributed by atoms with Gasteiger partial charge in [0.15, 0.2) is 0 Å². The summed E-state index contributed by atoms with van der Waals surface area (Å²) in [5.74, 6) is 0.256. The van der Waals surface area contributed by atoms with Gasteiger partial charge in [-0.3, -0.25) is 14.7 Å². The van der Waals surface area contributed by atoms with Gasteiger partial charge in [0.25, 0.3) is 0 Å². The number of nitrogens with one attached hydrogen (secondary N) is 1. The Morgan fingerprint density at radius 2 is 1.93 bits per heavy atom. The van der Waals surface area contributed by atoms with Gasteiger partial charge in [-0.25, -0.2) is 0 Å². The Morgan fingerprint density at radius 1 is 1.13 bits per heavy atom. The first-order valence-corrected chi connectivity index (χ1v) is 12.6. The Bertz CT molecular complexity index is 995. The fourth-order valence-electron chi connectivity index (χ4n) is 4.85. The number of nitrogens with zero attached hydrogens (tertiary/aromatic N) is 2. The molecule has 2 aliphatic carbocycles. The van der Waals surface area contributed by atoms with E-state index < -0.39 is 0 Å². The van der Waals surface area contributed by atoms with Gasteiger partial charge in [-0.2, -0.15) is 0 Å². The predicted molar refractivity (Wildman–Crippen MR) is 126 cm³/mol. The van der Waals surface area contributed by atoms with Crippen molar-refractivity contribution in [3.8, 4) is 0 Å². The summed E-state index contributed by atoms with van der Waals surface area (Å²) >= 11 is 13.8. The second-order valence-electron chi connectivity index (χ2n) is 8.68. The predicted octanol–water partition coefficient (Wildman–Crippen LogP) is 5.44. The van der Waals surface area contributed by atoms with Crippen LogP contribution in [0.4, 0.5) is 0 Å². The molecule has 1 amide bonds. The van der Waals surface area contributed by atoms with Crippen molar-refractivity contribution in [1.29, 1.82) is 0 Å². The quantitative estimate of drug-likeness (QED) is 0.551. The number of carbonyl (C=O) groups excluding carboxylic acids is 1. The lowest BCUT2D eigenvalue weighted by Crippen LogP contribution is -2.45. The molecule has 7 heteroatoms. The molecule has 1 aromatic heterocycles. The lowest BCUT2D eigenvalue weighted by atomic mass is 9.91. The summed E-state index contributed by atoms with van der Waals surface area (Å²) in [7, 11) is 0. The normalized spacial score (nSPS) is 24.0. The van der Waals surface area contributed by atoms with Crippen LogP contribution in [0.25, 0.3) is 0 Å². The Balaban J connectivity index is 1.55. The topological polar surface area (TPSA) is 45.2 Å². The molecule has 1 saturated carbocycles. The van der Waals surface area contributed by atoms with Crippen LogP contribution in [0.5, 0.6) is 0 Å². The van der Waals surface area contributed by atoms with Crippen LogP contribution in [0.3, 0.4) is 0 Å². The molecule has 1 aromatic carbocycles. The van der Waals surface area contributed by atoms with Crippen LogP contribution in [-0.4, -0.2) is 34.9 Å². The number of halogens is 3. The number of piperidine rings is 1. The van der Waals surface area contributed by atoms with Gasteiger partial charge in [-0.05, 0) is 95.9 Å². The maximum absolute atomic E-state index is 12.8. The summed E-state index contributed by atoms with van der Waals surface area (Å²) in [5, 5.41) is 3.96. The fourth-order valence-corrected chi connectivity index (χ4v) is 6.32. The SMILES string of the molecule is O=C(NC1CC1)C1CCCN(C2c3ncc(Br)cc3CCc3cc(Cl)cc(Br)c32)C1. The van der Waals surface area contributed by atoms with Crippen LogP contribution < -0.4 is 5.32 Å². The van der Waals surface area contributed by atoms with E-state index in [-0.39, 0.29) is 17.9 Å². The summed E-state index contributed by atoms with van der Waals surface area (Å²) in [6.45, 7) is 1.72. The van der Waals surface area contributed by atoms with Crippen molar-refractivity contribution in [3.05, 3.63) is 60.7 Å². The number of benzene rings is 1. The standard InChI is InChI=1S/C23H24Br2ClN3O/c24-16-8-14-4-3-13-9-17(26)10-19(25)20(13)22(21(14)27-11-16)29-7-1-2-15(12-29)23(30)28-18-5-6-18/h8-11,15,18,22H,1-7,12H2,(H,28,30). The number of fused-ring (bicyclic) bond motifs is 2. The van der Waals surface area contributed by atoms with Gasteiger partial charge < -0.3 is 5.32 Å². The molecule has 5 rings (SSSR count). The molecule has 2 heterocycles. The first kappa shape index (κ1) is 20.9. The zero-order valence-corrected chi connectivity index (χ0v) is 20.6. The number of likely N-dealkylation sites (tertiary alicyclic amines) is 1. The molecule has 158 valence electrons. The van der Waals surface area contributed by atoms with Crippen LogP contribution in [0.15, 0.2) is 33.3 Å². The Morgan fingerprint density at radius 3 is 2.73 bits per heavy atom. The molecule has 2 aromatic rings. The van der Waals surface area contributed by atoms with Crippen molar-refractivity contribution in [2.45, 2.75) is 50.6 Å². The smallest absolute Gasteiger partial charge is 0.224 e. The molecule has 0 spiro atoms. The first-order valence-electron chi connectivity index (χ1n) is 10.7. The Hall–Kier alpha value is -0.950. The molecule has 2 fully saturated rings. The van der Waals surface area contributed by atoms with E-state index in [1.807, 2.05) is 12.3 Å². The van der Waals surface area contributed by atoms with Crippen LogP contribution in [0.2, 0.25) is 5.02 Å². The molecule has 0 bridgehead atoms. The third-order valence-corrected chi connectivity index (χ3v) is 7.76. The van der Waals surface area contributed by atoms with Crippen LogP contribution in [0.1, 0.15) is 54.1 Å². The second kappa shape index (κ2) is 8.53. The van der Waals surface area contributed by atoms with Gasteiger partial charge >= 0.3 is 0 Å². The fraction of sp³-hybridized carbons (Fsp3) is 0.478. The third-order valence-electron chi connectivity index (χ3n) is 6.46. The lowest BCUT2D eigenvalue weighted by molar-refractivity contribution is -0.127. The number of amides is 1. The van der Waals surface area contributed by atoms with Crippen LogP contribution in [-0.2, 0) is 17.6 Å². The average molecular weight is 554 g/mol. The molecule has 2 unspecified atom stereocenters. The Kier molecular flexibility index (Phi) is 5.95. The molecule has 4 nitrogen and oxygen atoms in total. The summed E-state index contributed by atoms with van der Waals surface area (Å²) in [5.41, 5.74) is 4.87. The number of hydrogen-bond donors (Lipinski definition) is 1. The number of pyridine rings is 1. The van der Waals surface area contributed by atoms with E-state index in [2.05, 4.69) is 54.2 Å². The van der Waals surface area contributed by atoms with Gasteiger partial charge in [-0.15, -0.1) is 0 Å². The zero-order valence-electron chi connectivity index (χ0n) is 16.6. The third kappa shape index (κ3) is 4.21. The van der Waals surface area contributed by atoms with Crippen LogP contribution >= 0.6 is 43.5 Å². The minimum atomic E-state index is 0.0220. The van der Waals surface area contributed by atoms with Crippen molar-refractivity contribution in [2.75, 3.05) is 13.1 Å². The van der Waals surface area contributed by atoms with E-state index >= 15 is 0 Å². The lowest BCUT2D eigenvalue weighted by Gasteiger charge is -2.38. The number of rotatable bonds is 3. The monoisotopic (exact) mass is 551 g/mol. The van der Waals surface area contributed by atoms with Crippen molar-refractivity contribution in [3.63, 3.8) is 0 Å². The summed E-state index contributed by atoms with van der Waals surface area (Å²) < 4.78 is 2.03. The number of aromatic nitrogens is 1. The Labute approximate surface area is 199 Å². The molecule has 2 atom stereocenters. The average Bonchev–Trinajstić information content (AvgIpc) is 3.54. The molecule has 3 aliphatic rings. The largest absolute Gasteiger partial charge is 0.353 e. The highest BCUT2D eigenvalue weighted by Gasteiger charge is 2.37. The van der Waals surface area contributed by atoms with Crippen molar-refractivity contribution >= 4 is 49.4 Å². The number of hydrogen-bond acceptors (Lipinski definition) is 3. The van der Waals surface area contributed by atoms with E-state index in [1.165, 1.54) is 16.7 Å². The van der Waals surface area contributed by atoms with Crippen molar-refractivity contribution in [1.82, 2.24) is 15.2 Å².